The van der Waals surface area contributed by atoms with Crippen molar-refractivity contribution in [3.63, 3.8) is 0 Å². The molecule has 1 nitrogen and oxygen atoms in total. The molecule has 3 rings (SSSR count). The highest BCUT2D eigenvalue weighted by Gasteiger charge is 2.16. The number of rotatable bonds is 2. The first-order valence-electron chi connectivity index (χ1n) is 5.98. The molecule has 2 aromatic heterocycles. The number of hydrogen-bond donors (Lipinski definition) is 1. The quantitative estimate of drug-likeness (QED) is 0.719. The Morgan fingerprint density at radius 2 is 1.79 bits per heavy atom. The summed E-state index contributed by atoms with van der Waals surface area (Å²) in [5.41, 5.74) is 1.91. The molecule has 0 aliphatic carbocycles. The number of benzene rings is 1. The molecule has 1 atom stereocenters. The molecule has 1 aromatic carbocycles. The number of thiophene rings is 2. The van der Waals surface area contributed by atoms with Crippen molar-refractivity contribution < 1.29 is 9.50 Å². The van der Waals surface area contributed by atoms with Crippen LogP contribution in [0.3, 0.4) is 0 Å². The van der Waals surface area contributed by atoms with Gasteiger partial charge in [0.1, 0.15) is 11.9 Å². The summed E-state index contributed by atoms with van der Waals surface area (Å²) in [6.45, 7) is 3.46. The minimum absolute atomic E-state index is 0.192. The average Bonchev–Trinajstić information content (AvgIpc) is 2.94. The van der Waals surface area contributed by atoms with Gasteiger partial charge in [-0.2, -0.15) is 0 Å². The molecule has 0 fully saturated rings. The first-order valence-corrected chi connectivity index (χ1v) is 7.67. The van der Waals surface area contributed by atoms with Crippen LogP contribution in [-0.4, -0.2) is 5.11 Å². The van der Waals surface area contributed by atoms with Gasteiger partial charge in [0.2, 0.25) is 0 Å². The molecule has 1 unspecified atom stereocenters. The van der Waals surface area contributed by atoms with Crippen LogP contribution in [0.4, 0.5) is 4.39 Å². The number of fused-ring (bicyclic) bond motifs is 1. The summed E-state index contributed by atoms with van der Waals surface area (Å²) >= 11 is 3.26. The lowest BCUT2D eigenvalue weighted by molar-refractivity contribution is 0.224. The Morgan fingerprint density at radius 3 is 2.42 bits per heavy atom. The summed E-state index contributed by atoms with van der Waals surface area (Å²) in [6, 6.07) is 7.52. The minimum Gasteiger partial charge on any atom is -0.383 e. The Balaban J connectivity index is 2.04. The van der Waals surface area contributed by atoms with Crippen molar-refractivity contribution in [1.29, 1.82) is 0 Å². The van der Waals surface area contributed by atoms with Gasteiger partial charge >= 0.3 is 0 Å². The van der Waals surface area contributed by atoms with Crippen LogP contribution in [0.25, 0.3) is 9.40 Å². The molecule has 19 heavy (non-hydrogen) atoms. The zero-order valence-corrected chi connectivity index (χ0v) is 12.2. The zero-order chi connectivity index (χ0) is 13.6. The smallest absolute Gasteiger partial charge is 0.129 e. The monoisotopic (exact) mass is 292 g/mol. The van der Waals surface area contributed by atoms with Crippen LogP contribution in [0.2, 0.25) is 0 Å². The summed E-state index contributed by atoms with van der Waals surface area (Å²) in [6.07, 6.45) is -0.678. The third-order valence-electron chi connectivity index (χ3n) is 3.20. The Hall–Kier alpha value is -1.23. The van der Waals surface area contributed by atoms with E-state index in [1.54, 1.807) is 48.7 Å². The van der Waals surface area contributed by atoms with E-state index in [0.29, 0.717) is 11.1 Å². The van der Waals surface area contributed by atoms with Gasteiger partial charge in [-0.05, 0) is 48.1 Å². The maximum absolute atomic E-state index is 13.6. The molecule has 0 aliphatic rings. The maximum atomic E-state index is 13.6. The summed E-state index contributed by atoms with van der Waals surface area (Å²) in [7, 11) is 0. The standard InChI is InChI=1S/C15H13FOS2/c1-8-5-10(6-9(2)14(8)16)15(17)13-7-12-11(19-13)3-4-18-12/h3-7,15,17H,1-2H3. The van der Waals surface area contributed by atoms with Gasteiger partial charge in [0.05, 0.1) is 0 Å². The van der Waals surface area contributed by atoms with Crippen molar-refractivity contribution in [2.24, 2.45) is 0 Å². The van der Waals surface area contributed by atoms with Crippen LogP contribution < -0.4 is 0 Å². The van der Waals surface area contributed by atoms with Crippen molar-refractivity contribution in [1.82, 2.24) is 0 Å². The van der Waals surface area contributed by atoms with Crippen LogP contribution in [0.1, 0.15) is 27.7 Å². The SMILES string of the molecule is Cc1cc(C(O)c2cc3sccc3s2)cc(C)c1F. The predicted molar refractivity (Wildman–Crippen MR) is 79.6 cm³/mol. The zero-order valence-electron chi connectivity index (χ0n) is 10.6. The van der Waals surface area contributed by atoms with E-state index < -0.39 is 6.10 Å². The predicted octanol–water partition coefficient (Wildman–Crippen LogP) is 4.80. The number of hydrogen-bond acceptors (Lipinski definition) is 3. The summed E-state index contributed by atoms with van der Waals surface area (Å²) in [5.74, 6) is -0.192. The largest absolute Gasteiger partial charge is 0.383 e. The highest BCUT2D eigenvalue weighted by Crippen LogP contribution is 2.36. The lowest BCUT2D eigenvalue weighted by Crippen LogP contribution is -2.00. The molecule has 0 bridgehead atoms. The Morgan fingerprint density at radius 1 is 1.11 bits per heavy atom. The van der Waals surface area contributed by atoms with Gasteiger partial charge in [0.25, 0.3) is 0 Å². The molecular formula is C15H13FOS2. The maximum Gasteiger partial charge on any atom is 0.129 e. The molecule has 1 N–H and O–H groups in total. The third kappa shape index (κ3) is 2.20. The van der Waals surface area contributed by atoms with Gasteiger partial charge in [0.15, 0.2) is 0 Å². The highest BCUT2D eigenvalue weighted by atomic mass is 32.1. The van der Waals surface area contributed by atoms with Gasteiger partial charge in [0, 0.05) is 14.3 Å². The number of halogens is 1. The van der Waals surface area contributed by atoms with E-state index in [4.69, 9.17) is 0 Å². The van der Waals surface area contributed by atoms with E-state index in [9.17, 15) is 9.50 Å². The van der Waals surface area contributed by atoms with Gasteiger partial charge in [-0.3, -0.25) is 0 Å². The molecule has 0 spiro atoms. The van der Waals surface area contributed by atoms with Crippen molar-refractivity contribution in [3.8, 4) is 0 Å². The molecule has 0 aliphatic heterocycles. The van der Waals surface area contributed by atoms with Crippen LogP contribution in [0.15, 0.2) is 29.6 Å². The topological polar surface area (TPSA) is 20.2 Å². The first kappa shape index (κ1) is 12.8. The van der Waals surface area contributed by atoms with Crippen LogP contribution in [0.5, 0.6) is 0 Å². The summed E-state index contributed by atoms with van der Waals surface area (Å²) in [4.78, 5) is 0.909. The second-order valence-electron chi connectivity index (χ2n) is 4.67. The highest BCUT2D eigenvalue weighted by molar-refractivity contribution is 7.26. The van der Waals surface area contributed by atoms with Crippen LogP contribution in [0, 0.1) is 19.7 Å². The summed E-state index contributed by atoms with van der Waals surface area (Å²) in [5, 5.41) is 12.5. The molecule has 0 radical (unpaired) electrons. The number of aryl methyl sites for hydroxylation is 2. The van der Waals surface area contributed by atoms with Gasteiger partial charge in [-0.15, -0.1) is 22.7 Å². The summed E-state index contributed by atoms with van der Waals surface area (Å²) < 4.78 is 16.0. The fourth-order valence-electron chi connectivity index (χ4n) is 2.22. The molecule has 0 saturated carbocycles. The molecule has 3 aromatic rings. The van der Waals surface area contributed by atoms with Crippen molar-refractivity contribution in [2.45, 2.75) is 20.0 Å². The van der Waals surface area contributed by atoms with Crippen molar-refractivity contribution in [2.75, 3.05) is 0 Å². The lowest BCUT2D eigenvalue weighted by Gasteiger charge is -2.12. The van der Waals surface area contributed by atoms with Crippen molar-refractivity contribution in [3.05, 3.63) is 57.0 Å². The Bertz CT molecular complexity index is 690. The lowest BCUT2D eigenvalue weighted by atomic mass is 10.0. The number of aliphatic hydroxyl groups excluding tert-OH is 1. The van der Waals surface area contributed by atoms with E-state index in [1.807, 2.05) is 11.4 Å². The normalized spacial score (nSPS) is 13.1. The Kier molecular flexibility index (Phi) is 3.17. The van der Waals surface area contributed by atoms with E-state index in [-0.39, 0.29) is 5.82 Å². The van der Waals surface area contributed by atoms with Gasteiger partial charge < -0.3 is 5.11 Å². The minimum atomic E-state index is -0.678. The molecule has 0 amide bonds. The molecular weight excluding hydrogens is 279 g/mol. The first-order chi connectivity index (χ1) is 9.06. The third-order valence-corrected chi connectivity index (χ3v) is 5.35. The molecule has 2 heterocycles. The number of aliphatic hydroxyl groups is 1. The van der Waals surface area contributed by atoms with Gasteiger partial charge in [-0.1, -0.05) is 12.1 Å². The fourth-order valence-corrected chi connectivity index (χ4v) is 4.35. The average molecular weight is 292 g/mol. The second-order valence-corrected chi connectivity index (χ2v) is 6.73. The Labute approximate surface area is 119 Å². The van der Waals surface area contributed by atoms with Crippen LogP contribution in [-0.2, 0) is 0 Å². The van der Waals surface area contributed by atoms with E-state index in [0.717, 1.165) is 10.4 Å². The van der Waals surface area contributed by atoms with Crippen molar-refractivity contribution >= 4 is 32.1 Å². The second kappa shape index (κ2) is 4.71. The van der Waals surface area contributed by atoms with E-state index in [2.05, 4.69) is 6.07 Å². The molecule has 0 saturated heterocycles. The van der Waals surface area contributed by atoms with E-state index >= 15 is 0 Å². The van der Waals surface area contributed by atoms with Gasteiger partial charge in [-0.25, -0.2) is 4.39 Å². The fraction of sp³-hybridized carbons (Fsp3) is 0.200. The molecule has 98 valence electrons. The van der Waals surface area contributed by atoms with E-state index in [1.165, 1.54) is 9.40 Å². The van der Waals surface area contributed by atoms with Crippen LogP contribution >= 0.6 is 22.7 Å². The molecule has 4 heteroatoms.